The minimum absolute atomic E-state index is 0.858. The Morgan fingerprint density at radius 1 is 1.50 bits per heavy atom. The van der Waals surface area contributed by atoms with Crippen LogP contribution in [0.4, 0.5) is 0 Å². The van der Waals surface area contributed by atoms with Crippen LogP contribution in [-0.4, -0.2) is 0 Å². The third-order valence-corrected chi connectivity index (χ3v) is 2.31. The molecular weight excluding hydrogens is 120 g/mol. The van der Waals surface area contributed by atoms with E-state index >= 15 is 0 Å². The Morgan fingerprint density at radius 3 is 2.30 bits per heavy atom. The molecule has 1 aliphatic carbocycles. The van der Waals surface area contributed by atoms with Crippen molar-refractivity contribution >= 4 is 0 Å². The highest BCUT2D eigenvalue weighted by Crippen LogP contribution is 2.39. The molecule has 0 nitrogen and oxygen atoms in total. The fourth-order valence-electron chi connectivity index (χ4n) is 1.05. The first-order valence-corrected chi connectivity index (χ1v) is 3.95. The lowest BCUT2D eigenvalue weighted by Crippen LogP contribution is -1.78. The zero-order chi connectivity index (χ0) is 7.72. The molecule has 1 saturated carbocycles. The largest absolute Gasteiger partial charge is 0.0959 e. The first-order chi connectivity index (χ1) is 4.61. The van der Waals surface area contributed by atoms with Crippen LogP contribution in [0.2, 0.25) is 0 Å². The highest BCUT2D eigenvalue weighted by molar-refractivity contribution is 5.26. The van der Waals surface area contributed by atoms with Crippen LogP contribution in [-0.2, 0) is 0 Å². The Kier molecular flexibility index (Phi) is 1.98. The SMILES string of the molecule is C=C(C)C(C)=CC1CC1C. The molecule has 0 aromatic rings. The van der Waals surface area contributed by atoms with Crippen molar-refractivity contribution in [1.82, 2.24) is 0 Å². The third-order valence-electron chi connectivity index (χ3n) is 2.31. The first-order valence-electron chi connectivity index (χ1n) is 3.95. The van der Waals surface area contributed by atoms with E-state index < -0.39 is 0 Å². The molecule has 2 atom stereocenters. The smallest absolute Gasteiger partial charge is 0.0199 e. The molecule has 2 unspecified atom stereocenters. The summed E-state index contributed by atoms with van der Waals surface area (Å²) in [5, 5.41) is 0. The Bertz CT molecular complexity index is 174. The number of hydrogen-bond acceptors (Lipinski definition) is 0. The number of rotatable bonds is 2. The van der Waals surface area contributed by atoms with Gasteiger partial charge in [-0.25, -0.2) is 0 Å². The second-order valence-corrected chi connectivity index (χ2v) is 3.51. The van der Waals surface area contributed by atoms with Gasteiger partial charge in [0.05, 0.1) is 0 Å². The zero-order valence-corrected chi connectivity index (χ0v) is 7.15. The third kappa shape index (κ3) is 1.73. The van der Waals surface area contributed by atoms with Crippen molar-refractivity contribution in [1.29, 1.82) is 0 Å². The molecule has 1 fully saturated rings. The summed E-state index contributed by atoms with van der Waals surface area (Å²) >= 11 is 0. The summed E-state index contributed by atoms with van der Waals surface area (Å²) in [5.41, 5.74) is 2.58. The molecule has 0 spiro atoms. The number of allylic oxidation sites excluding steroid dienone is 3. The van der Waals surface area contributed by atoms with Gasteiger partial charge in [0, 0.05) is 0 Å². The van der Waals surface area contributed by atoms with E-state index in [1.54, 1.807) is 0 Å². The van der Waals surface area contributed by atoms with Gasteiger partial charge in [-0.05, 0) is 32.1 Å². The van der Waals surface area contributed by atoms with E-state index in [-0.39, 0.29) is 0 Å². The van der Waals surface area contributed by atoms with Crippen LogP contribution in [0.5, 0.6) is 0 Å². The lowest BCUT2D eigenvalue weighted by Gasteiger charge is -1.96. The lowest BCUT2D eigenvalue weighted by molar-refractivity contribution is 0.893. The molecule has 0 saturated heterocycles. The summed E-state index contributed by atoms with van der Waals surface area (Å²) in [4.78, 5) is 0. The Hall–Kier alpha value is -0.520. The summed E-state index contributed by atoms with van der Waals surface area (Å²) in [6.45, 7) is 10.4. The summed E-state index contributed by atoms with van der Waals surface area (Å²) in [6.07, 6.45) is 3.73. The van der Waals surface area contributed by atoms with E-state index in [4.69, 9.17) is 0 Å². The second-order valence-electron chi connectivity index (χ2n) is 3.51. The van der Waals surface area contributed by atoms with E-state index in [1.807, 2.05) is 0 Å². The minimum Gasteiger partial charge on any atom is -0.0959 e. The Labute approximate surface area is 63.6 Å². The van der Waals surface area contributed by atoms with E-state index in [1.165, 1.54) is 17.6 Å². The van der Waals surface area contributed by atoms with Gasteiger partial charge in [0.1, 0.15) is 0 Å². The van der Waals surface area contributed by atoms with E-state index in [9.17, 15) is 0 Å². The van der Waals surface area contributed by atoms with Crippen molar-refractivity contribution in [3.8, 4) is 0 Å². The van der Waals surface area contributed by atoms with Crippen LogP contribution < -0.4 is 0 Å². The molecule has 0 N–H and O–H groups in total. The van der Waals surface area contributed by atoms with Gasteiger partial charge < -0.3 is 0 Å². The summed E-state index contributed by atoms with van der Waals surface area (Å²) in [5.74, 6) is 1.78. The maximum Gasteiger partial charge on any atom is -0.0199 e. The highest BCUT2D eigenvalue weighted by Gasteiger charge is 2.29. The molecular formula is C10H16. The molecule has 0 aromatic heterocycles. The second kappa shape index (κ2) is 2.61. The van der Waals surface area contributed by atoms with Gasteiger partial charge in [0.15, 0.2) is 0 Å². The maximum atomic E-state index is 3.89. The molecule has 56 valence electrons. The molecule has 0 heteroatoms. The molecule has 1 rings (SSSR count). The molecule has 0 amide bonds. The van der Waals surface area contributed by atoms with Crippen molar-refractivity contribution in [3.05, 3.63) is 23.8 Å². The fraction of sp³-hybridized carbons (Fsp3) is 0.600. The van der Waals surface area contributed by atoms with Gasteiger partial charge in [-0.1, -0.05) is 30.7 Å². The predicted octanol–water partition coefficient (Wildman–Crippen LogP) is 3.16. The minimum atomic E-state index is 0.858. The van der Waals surface area contributed by atoms with Crippen molar-refractivity contribution in [3.63, 3.8) is 0 Å². The van der Waals surface area contributed by atoms with Gasteiger partial charge in [-0.15, -0.1) is 0 Å². The molecule has 10 heavy (non-hydrogen) atoms. The summed E-state index contributed by atoms with van der Waals surface area (Å²) < 4.78 is 0. The predicted molar refractivity (Wildman–Crippen MR) is 45.8 cm³/mol. The monoisotopic (exact) mass is 136 g/mol. The van der Waals surface area contributed by atoms with E-state index in [0.29, 0.717) is 0 Å². The lowest BCUT2D eigenvalue weighted by atomic mass is 10.1. The van der Waals surface area contributed by atoms with Crippen molar-refractivity contribution in [2.45, 2.75) is 27.2 Å². The molecule has 0 radical (unpaired) electrons. The Morgan fingerprint density at radius 2 is 2.00 bits per heavy atom. The Balaban J connectivity index is 2.47. The molecule has 0 bridgehead atoms. The quantitative estimate of drug-likeness (QED) is 0.511. The number of hydrogen-bond donors (Lipinski definition) is 0. The van der Waals surface area contributed by atoms with Gasteiger partial charge in [-0.2, -0.15) is 0 Å². The summed E-state index contributed by atoms with van der Waals surface area (Å²) in [7, 11) is 0. The first kappa shape index (κ1) is 7.59. The van der Waals surface area contributed by atoms with Gasteiger partial charge in [-0.3, -0.25) is 0 Å². The zero-order valence-electron chi connectivity index (χ0n) is 7.15. The summed E-state index contributed by atoms with van der Waals surface area (Å²) in [6, 6.07) is 0. The standard InChI is InChI=1S/C10H16/c1-7(2)8(3)5-10-6-9(10)4/h5,9-10H,1,6H2,2-4H3. The molecule has 1 aliphatic rings. The van der Waals surface area contributed by atoms with Gasteiger partial charge >= 0.3 is 0 Å². The van der Waals surface area contributed by atoms with E-state index in [2.05, 4.69) is 33.4 Å². The van der Waals surface area contributed by atoms with Crippen LogP contribution in [0.25, 0.3) is 0 Å². The van der Waals surface area contributed by atoms with Gasteiger partial charge in [0.25, 0.3) is 0 Å². The van der Waals surface area contributed by atoms with Crippen LogP contribution >= 0.6 is 0 Å². The van der Waals surface area contributed by atoms with Crippen LogP contribution in [0, 0.1) is 11.8 Å². The fourth-order valence-corrected chi connectivity index (χ4v) is 1.05. The van der Waals surface area contributed by atoms with Crippen LogP contribution in [0.3, 0.4) is 0 Å². The average molecular weight is 136 g/mol. The molecule has 0 aliphatic heterocycles. The van der Waals surface area contributed by atoms with Crippen LogP contribution in [0.15, 0.2) is 23.8 Å². The van der Waals surface area contributed by atoms with Crippen LogP contribution in [0.1, 0.15) is 27.2 Å². The highest BCUT2D eigenvalue weighted by atomic mass is 14.3. The van der Waals surface area contributed by atoms with Crippen molar-refractivity contribution in [2.24, 2.45) is 11.8 Å². The van der Waals surface area contributed by atoms with Gasteiger partial charge in [0.2, 0.25) is 0 Å². The normalized spacial score (nSPS) is 32.1. The topological polar surface area (TPSA) is 0 Å². The van der Waals surface area contributed by atoms with E-state index in [0.717, 1.165) is 11.8 Å². The average Bonchev–Trinajstić information content (AvgIpc) is 2.46. The van der Waals surface area contributed by atoms with Crippen molar-refractivity contribution < 1.29 is 0 Å². The van der Waals surface area contributed by atoms with Crippen molar-refractivity contribution in [2.75, 3.05) is 0 Å². The molecule has 0 aromatic carbocycles. The maximum absolute atomic E-state index is 3.89. The molecule has 0 heterocycles.